The fourth-order valence-electron chi connectivity index (χ4n) is 1.27. The Balaban J connectivity index is 2.79. The number of fused-ring (bicyclic) bond motifs is 1. The minimum atomic E-state index is -0.337. The SMILES string of the molecule is O=c1oc2cccccc-2c1CCl. The lowest BCUT2D eigenvalue weighted by Crippen LogP contribution is -1.97. The van der Waals surface area contributed by atoms with Crippen LogP contribution in [-0.2, 0) is 5.88 Å². The van der Waals surface area contributed by atoms with Gasteiger partial charge in [-0.1, -0.05) is 24.3 Å². The van der Waals surface area contributed by atoms with Crippen LogP contribution >= 0.6 is 11.6 Å². The van der Waals surface area contributed by atoms with Crippen LogP contribution in [0, 0.1) is 0 Å². The zero-order chi connectivity index (χ0) is 9.26. The molecule has 1 aliphatic carbocycles. The van der Waals surface area contributed by atoms with Crippen LogP contribution in [-0.4, -0.2) is 0 Å². The second kappa shape index (κ2) is 3.23. The van der Waals surface area contributed by atoms with Crippen molar-refractivity contribution in [3.8, 4) is 11.3 Å². The third-order valence-electron chi connectivity index (χ3n) is 1.91. The van der Waals surface area contributed by atoms with E-state index in [1.54, 1.807) is 6.07 Å². The molecule has 0 aromatic heterocycles. The molecule has 0 saturated carbocycles. The van der Waals surface area contributed by atoms with Crippen molar-refractivity contribution in [1.82, 2.24) is 0 Å². The maximum absolute atomic E-state index is 11.2. The number of halogens is 1. The molecular weight excluding hydrogens is 188 g/mol. The standard InChI is InChI=1S/C10H7ClO2/c11-6-8-7-4-2-1-3-5-9(7)13-10(8)12/h1-5H,6H2. The van der Waals surface area contributed by atoms with E-state index in [4.69, 9.17) is 16.0 Å². The summed E-state index contributed by atoms with van der Waals surface area (Å²) >= 11 is 5.64. The minimum Gasteiger partial charge on any atom is -0.422 e. The average molecular weight is 195 g/mol. The van der Waals surface area contributed by atoms with Gasteiger partial charge < -0.3 is 4.42 Å². The quantitative estimate of drug-likeness (QED) is 0.653. The molecular formula is C10H7ClO2. The van der Waals surface area contributed by atoms with E-state index in [9.17, 15) is 4.79 Å². The summed E-state index contributed by atoms with van der Waals surface area (Å²) in [6, 6.07) is 9.14. The van der Waals surface area contributed by atoms with Gasteiger partial charge in [0.05, 0.1) is 11.4 Å². The van der Waals surface area contributed by atoms with Gasteiger partial charge in [-0.15, -0.1) is 11.6 Å². The molecule has 0 radical (unpaired) electrons. The van der Waals surface area contributed by atoms with Gasteiger partial charge in [0, 0.05) is 5.56 Å². The second-order valence-electron chi connectivity index (χ2n) is 2.69. The molecule has 0 aromatic carbocycles. The highest BCUT2D eigenvalue weighted by Gasteiger charge is 2.14. The van der Waals surface area contributed by atoms with Crippen molar-refractivity contribution in [1.29, 1.82) is 0 Å². The minimum absolute atomic E-state index is 0.190. The molecule has 0 aromatic rings. The third kappa shape index (κ3) is 1.33. The molecule has 2 nitrogen and oxygen atoms in total. The summed E-state index contributed by atoms with van der Waals surface area (Å²) in [7, 11) is 0. The van der Waals surface area contributed by atoms with Crippen molar-refractivity contribution in [3.05, 3.63) is 46.3 Å². The van der Waals surface area contributed by atoms with Crippen LogP contribution in [0.3, 0.4) is 0 Å². The molecule has 0 saturated heterocycles. The van der Waals surface area contributed by atoms with Gasteiger partial charge in [0.25, 0.3) is 0 Å². The maximum Gasteiger partial charge on any atom is 0.341 e. The molecule has 0 fully saturated rings. The van der Waals surface area contributed by atoms with Crippen molar-refractivity contribution < 1.29 is 4.42 Å². The molecule has 2 aliphatic rings. The zero-order valence-electron chi connectivity index (χ0n) is 6.79. The fourth-order valence-corrected chi connectivity index (χ4v) is 1.52. The number of rotatable bonds is 1. The lowest BCUT2D eigenvalue weighted by molar-refractivity contribution is 0.542. The van der Waals surface area contributed by atoms with Crippen molar-refractivity contribution in [3.63, 3.8) is 0 Å². The molecule has 0 amide bonds. The van der Waals surface area contributed by atoms with E-state index in [2.05, 4.69) is 0 Å². The largest absolute Gasteiger partial charge is 0.422 e. The van der Waals surface area contributed by atoms with E-state index in [0.29, 0.717) is 11.3 Å². The normalized spacial score (nSPS) is 10.5. The monoisotopic (exact) mass is 194 g/mol. The van der Waals surface area contributed by atoms with Crippen LogP contribution in [0.1, 0.15) is 5.56 Å². The Hall–Kier alpha value is -1.28. The van der Waals surface area contributed by atoms with Gasteiger partial charge in [0.2, 0.25) is 0 Å². The molecule has 1 aliphatic heterocycles. The van der Waals surface area contributed by atoms with Gasteiger partial charge in [-0.05, 0) is 6.07 Å². The first-order chi connectivity index (χ1) is 6.33. The summed E-state index contributed by atoms with van der Waals surface area (Å²) in [4.78, 5) is 11.2. The summed E-state index contributed by atoms with van der Waals surface area (Å²) in [5.41, 5.74) is 0.995. The van der Waals surface area contributed by atoms with E-state index in [1.165, 1.54) is 0 Å². The lowest BCUT2D eigenvalue weighted by atomic mass is 10.1. The van der Waals surface area contributed by atoms with E-state index >= 15 is 0 Å². The van der Waals surface area contributed by atoms with Crippen LogP contribution in [0.25, 0.3) is 11.3 Å². The Morgan fingerprint density at radius 3 is 2.77 bits per heavy atom. The molecule has 2 rings (SSSR count). The maximum atomic E-state index is 11.2. The molecule has 0 N–H and O–H groups in total. The first-order valence-corrected chi connectivity index (χ1v) is 4.43. The van der Waals surface area contributed by atoms with Crippen LogP contribution in [0.5, 0.6) is 0 Å². The predicted octanol–water partition coefficient (Wildman–Crippen LogP) is 2.48. The Labute approximate surface area is 80.1 Å². The molecule has 66 valence electrons. The number of furan rings is 1. The van der Waals surface area contributed by atoms with Gasteiger partial charge in [-0.2, -0.15) is 0 Å². The number of hydrogen-bond acceptors (Lipinski definition) is 2. The fraction of sp³-hybridized carbons (Fsp3) is 0.100. The highest BCUT2D eigenvalue weighted by atomic mass is 35.5. The van der Waals surface area contributed by atoms with Gasteiger partial charge in [0.15, 0.2) is 0 Å². The van der Waals surface area contributed by atoms with E-state index in [1.807, 2.05) is 24.3 Å². The Kier molecular flexibility index (Phi) is 2.07. The highest BCUT2D eigenvalue weighted by molar-refractivity contribution is 6.17. The van der Waals surface area contributed by atoms with Gasteiger partial charge in [-0.3, -0.25) is 0 Å². The topological polar surface area (TPSA) is 30.2 Å². The van der Waals surface area contributed by atoms with Gasteiger partial charge >= 0.3 is 5.63 Å². The third-order valence-corrected chi connectivity index (χ3v) is 2.17. The van der Waals surface area contributed by atoms with Gasteiger partial charge in [0.1, 0.15) is 5.76 Å². The van der Waals surface area contributed by atoms with Crippen LogP contribution in [0.4, 0.5) is 0 Å². The molecule has 0 spiro atoms. The summed E-state index contributed by atoms with van der Waals surface area (Å²) in [6.45, 7) is 0. The van der Waals surface area contributed by atoms with Crippen molar-refractivity contribution in [2.24, 2.45) is 0 Å². The molecule has 1 heterocycles. The van der Waals surface area contributed by atoms with Crippen molar-refractivity contribution in [2.75, 3.05) is 0 Å². The Morgan fingerprint density at radius 1 is 1.23 bits per heavy atom. The smallest absolute Gasteiger partial charge is 0.341 e. The Bertz CT molecular complexity index is 447. The summed E-state index contributed by atoms with van der Waals surface area (Å²) in [5.74, 6) is 0.779. The number of hydrogen-bond donors (Lipinski definition) is 0. The van der Waals surface area contributed by atoms with Crippen molar-refractivity contribution >= 4 is 11.6 Å². The van der Waals surface area contributed by atoms with Crippen molar-refractivity contribution in [2.45, 2.75) is 5.88 Å². The molecule has 3 heteroatoms. The summed E-state index contributed by atoms with van der Waals surface area (Å²) in [5, 5.41) is 0. The van der Waals surface area contributed by atoms with E-state index < -0.39 is 0 Å². The highest BCUT2D eigenvalue weighted by Crippen LogP contribution is 2.23. The van der Waals surface area contributed by atoms with Gasteiger partial charge in [-0.25, -0.2) is 4.79 Å². The summed E-state index contributed by atoms with van der Waals surface area (Å²) < 4.78 is 5.01. The molecule has 0 atom stereocenters. The lowest BCUT2D eigenvalue weighted by Gasteiger charge is -1.89. The first kappa shape index (κ1) is 8.32. The van der Waals surface area contributed by atoms with E-state index in [-0.39, 0.29) is 11.5 Å². The predicted molar refractivity (Wildman–Crippen MR) is 51.2 cm³/mol. The van der Waals surface area contributed by atoms with Crippen LogP contribution < -0.4 is 5.63 Å². The van der Waals surface area contributed by atoms with Crippen LogP contribution in [0.2, 0.25) is 0 Å². The number of alkyl halides is 1. The van der Waals surface area contributed by atoms with Crippen LogP contribution in [0.15, 0.2) is 39.5 Å². The van der Waals surface area contributed by atoms with E-state index in [0.717, 1.165) is 5.56 Å². The average Bonchev–Trinajstić information content (AvgIpc) is 2.32. The summed E-state index contributed by atoms with van der Waals surface area (Å²) in [6.07, 6.45) is 0. The molecule has 0 unspecified atom stereocenters. The zero-order valence-corrected chi connectivity index (χ0v) is 7.54. The molecule has 0 bridgehead atoms. The molecule has 13 heavy (non-hydrogen) atoms. The second-order valence-corrected chi connectivity index (χ2v) is 2.96. The first-order valence-electron chi connectivity index (χ1n) is 3.89. The Morgan fingerprint density at radius 2 is 2.00 bits per heavy atom.